The standard InChI is InChI=1S/C14H21N3O3/c1-2-8-17(9-10-18)11-13(19)15-16-14(20)12-6-4-3-5-7-12/h3-7,18H,2,8-11H2,1H3,(H,15,19)(H,16,20). The lowest BCUT2D eigenvalue weighted by atomic mass is 10.2. The quantitative estimate of drug-likeness (QED) is 0.621. The van der Waals surface area contributed by atoms with Crippen LogP contribution in [0.15, 0.2) is 30.3 Å². The zero-order chi connectivity index (χ0) is 14.8. The van der Waals surface area contributed by atoms with Crippen LogP contribution in [0.2, 0.25) is 0 Å². The number of aliphatic hydroxyl groups excluding tert-OH is 1. The van der Waals surface area contributed by atoms with Gasteiger partial charge in [0.15, 0.2) is 0 Å². The maximum Gasteiger partial charge on any atom is 0.269 e. The molecule has 3 N–H and O–H groups in total. The number of hydrogen-bond donors (Lipinski definition) is 3. The maximum absolute atomic E-state index is 11.7. The van der Waals surface area contributed by atoms with Crippen molar-refractivity contribution in [3.05, 3.63) is 35.9 Å². The number of carbonyl (C=O) groups is 2. The summed E-state index contributed by atoms with van der Waals surface area (Å²) in [5, 5.41) is 8.90. The van der Waals surface area contributed by atoms with Gasteiger partial charge in [-0.25, -0.2) is 0 Å². The number of hydrogen-bond acceptors (Lipinski definition) is 4. The van der Waals surface area contributed by atoms with Crippen molar-refractivity contribution in [2.45, 2.75) is 13.3 Å². The Balaban J connectivity index is 2.37. The third kappa shape index (κ3) is 5.81. The smallest absolute Gasteiger partial charge is 0.269 e. The molecule has 0 bridgehead atoms. The van der Waals surface area contributed by atoms with E-state index in [2.05, 4.69) is 10.9 Å². The zero-order valence-electron chi connectivity index (χ0n) is 11.6. The number of carbonyl (C=O) groups excluding carboxylic acids is 2. The number of hydrazine groups is 1. The Morgan fingerprint density at radius 2 is 1.85 bits per heavy atom. The molecule has 1 aromatic rings. The maximum atomic E-state index is 11.7. The summed E-state index contributed by atoms with van der Waals surface area (Å²) in [4.78, 5) is 25.2. The lowest BCUT2D eigenvalue weighted by Gasteiger charge is -2.19. The Bertz CT molecular complexity index is 417. The fourth-order valence-electron chi connectivity index (χ4n) is 1.76. The summed E-state index contributed by atoms with van der Waals surface area (Å²) in [7, 11) is 0. The number of amides is 2. The third-order valence-electron chi connectivity index (χ3n) is 2.67. The molecular weight excluding hydrogens is 258 g/mol. The predicted molar refractivity (Wildman–Crippen MR) is 75.9 cm³/mol. The summed E-state index contributed by atoms with van der Waals surface area (Å²) in [5.41, 5.74) is 5.21. The van der Waals surface area contributed by atoms with Crippen LogP contribution in [0.5, 0.6) is 0 Å². The van der Waals surface area contributed by atoms with E-state index in [4.69, 9.17) is 5.11 Å². The predicted octanol–water partition coefficient (Wildman–Crippen LogP) is 0.152. The Kier molecular flexibility index (Phi) is 7.31. The van der Waals surface area contributed by atoms with Crippen molar-refractivity contribution in [1.82, 2.24) is 15.8 Å². The number of aliphatic hydroxyl groups is 1. The van der Waals surface area contributed by atoms with Crippen molar-refractivity contribution in [3.63, 3.8) is 0 Å². The first-order chi connectivity index (χ1) is 9.67. The van der Waals surface area contributed by atoms with Gasteiger partial charge in [0, 0.05) is 12.1 Å². The molecule has 0 aliphatic carbocycles. The van der Waals surface area contributed by atoms with Crippen molar-refractivity contribution >= 4 is 11.8 Å². The summed E-state index contributed by atoms with van der Waals surface area (Å²) >= 11 is 0. The monoisotopic (exact) mass is 279 g/mol. The highest BCUT2D eigenvalue weighted by Crippen LogP contribution is 1.96. The van der Waals surface area contributed by atoms with Gasteiger partial charge in [0.2, 0.25) is 0 Å². The van der Waals surface area contributed by atoms with Crippen LogP contribution >= 0.6 is 0 Å². The van der Waals surface area contributed by atoms with E-state index in [1.165, 1.54) is 0 Å². The van der Waals surface area contributed by atoms with E-state index >= 15 is 0 Å². The first kappa shape index (κ1) is 16.1. The van der Waals surface area contributed by atoms with Gasteiger partial charge in [-0.2, -0.15) is 0 Å². The van der Waals surface area contributed by atoms with Gasteiger partial charge in [-0.3, -0.25) is 25.3 Å². The van der Waals surface area contributed by atoms with Crippen LogP contribution in [0.3, 0.4) is 0 Å². The lowest BCUT2D eigenvalue weighted by Crippen LogP contribution is -2.47. The van der Waals surface area contributed by atoms with Gasteiger partial charge < -0.3 is 5.11 Å². The molecule has 0 spiro atoms. The van der Waals surface area contributed by atoms with Gasteiger partial charge in [0.1, 0.15) is 0 Å². The van der Waals surface area contributed by atoms with Crippen molar-refractivity contribution in [2.75, 3.05) is 26.2 Å². The molecule has 1 rings (SSSR count). The number of nitrogens with one attached hydrogen (secondary N) is 2. The van der Waals surface area contributed by atoms with E-state index in [-0.39, 0.29) is 25.0 Å². The van der Waals surface area contributed by atoms with Gasteiger partial charge in [0.25, 0.3) is 11.8 Å². The van der Waals surface area contributed by atoms with Gasteiger partial charge in [0.05, 0.1) is 13.2 Å². The molecule has 0 unspecified atom stereocenters. The third-order valence-corrected chi connectivity index (χ3v) is 2.67. The van der Waals surface area contributed by atoms with Crippen molar-refractivity contribution < 1.29 is 14.7 Å². The summed E-state index contributed by atoms with van der Waals surface area (Å²) < 4.78 is 0. The average molecular weight is 279 g/mol. The fraction of sp³-hybridized carbons (Fsp3) is 0.429. The number of benzene rings is 1. The Morgan fingerprint density at radius 1 is 1.15 bits per heavy atom. The van der Waals surface area contributed by atoms with E-state index in [0.717, 1.165) is 13.0 Å². The van der Waals surface area contributed by atoms with E-state index in [0.29, 0.717) is 12.1 Å². The molecule has 20 heavy (non-hydrogen) atoms. The SMILES string of the molecule is CCCN(CCO)CC(=O)NNC(=O)c1ccccc1. The molecule has 6 heteroatoms. The largest absolute Gasteiger partial charge is 0.395 e. The molecule has 0 aliphatic heterocycles. The second-order valence-corrected chi connectivity index (χ2v) is 4.37. The molecule has 0 radical (unpaired) electrons. The first-order valence-corrected chi connectivity index (χ1v) is 6.64. The molecule has 2 amide bonds. The normalized spacial score (nSPS) is 10.3. The van der Waals surface area contributed by atoms with Crippen LogP contribution in [0.25, 0.3) is 0 Å². The highest BCUT2D eigenvalue weighted by Gasteiger charge is 2.10. The molecule has 0 atom stereocenters. The minimum Gasteiger partial charge on any atom is -0.395 e. The highest BCUT2D eigenvalue weighted by atomic mass is 16.3. The molecular formula is C14H21N3O3. The highest BCUT2D eigenvalue weighted by molar-refractivity contribution is 5.95. The van der Waals surface area contributed by atoms with Gasteiger partial charge >= 0.3 is 0 Å². The lowest BCUT2D eigenvalue weighted by molar-refractivity contribution is -0.123. The van der Waals surface area contributed by atoms with Gasteiger partial charge in [-0.05, 0) is 25.1 Å². The summed E-state index contributed by atoms with van der Waals surface area (Å²) in [5.74, 6) is -0.667. The minimum absolute atomic E-state index is 0.00363. The summed E-state index contributed by atoms with van der Waals surface area (Å²) in [6.07, 6.45) is 0.893. The number of nitrogens with zero attached hydrogens (tertiary/aromatic N) is 1. The van der Waals surface area contributed by atoms with Crippen molar-refractivity contribution in [1.29, 1.82) is 0 Å². The van der Waals surface area contributed by atoms with E-state index < -0.39 is 0 Å². The van der Waals surface area contributed by atoms with Crippen LogP contribution in [-0.4, -0.2) is 48.1 Å². The summed E-state index contributed by atoms with van der Waals surface area (Å²) in [6, 6.07) is 8.64. The molecule has 0 aliphatic rings. The Hall–Kier alpha value is -1.92. The number of rotatable bonds is 7. The average Bonchev–Trinajstić information content (AvgIpc) is 2.46. The molecule has 1 aromatic carbocycles. The zero-order valence-corrected chi connectivity index (χ0v) is 11.6. The topological polar surface area (TPSA) is 81.7 Å². The second kappa shape index (κ2) is 9.06. The Morgan fingerprint density at radius 3 is 2.45 bits per heavy atom. The van der Waals surface area contributed by atoms with Crippen LogP contribution in [0.4, 0.5) is 0 Å². The van der Waals surface area contributed by atoms with Crippen LogP contribution in [0, 0.1) is 0 Å². The molecule has 0 heterocycles. The van der Waals surface area contributed by atoms with Crippen LogP contribution < -0.4 is 10.9 Å². The van der Waals surface area contributed by atoms with Crippen molar-refractivity contribution in [2.24, 2.45) is 0 Å². The summed E-state index contributed by atoms with van der Waals surface area (Å²) in [6.45, 7) is 3.31. The second-order valence-electron chi connectivity index (χ2n) is 4.37. The van der Waals surface area contributed by atoms with Crippen LogP contribution in [-0.2, 0) is 4.79 Å². The molecule has 6 nitrogen and oxygen atoms in total. The Labute approximate surface area is 118 Å². The van der Waals surface area contributed by atoms with Gasteiger partial charge in [-0.1, -0.05) is 25.1 Å². The molecule has 0 saturated heterocycles. The van der Waals surface area contributed by atoms with Crippen LogP contribution in [0.1, 0.15) is 23.7 Å². The minimum atomic E-state index is -0.358. The van der Waals surface area contributed by atoms with Crippen molar-refractivity contribution in [3.8, 4) is 0 Å². The van der Waals surface area contributed by atoms with E-state index in [1.807, 2.05) is 17.9 Å². The molecule has 0 saturated carbocycles. The molecule has 110 valence electrons. The fourth-order valence-corrected chi connectivity index (χ4v) is 1.76. The first-order valence-electron chi connectivity index (χ1n) is 6.64. The van der Waals surface area contributed by atoms with E-state index in [9.17, 15) is 9.59 Å². The molecule has 0 aromatic heterocycles. The van der Waals surface area contributed by atoms with Gasteiger partial charge in [-0.15, -0.1) is 0 Å². The molecule has 0 fully saturated rings. The van der Waals surface area contributed by atoms with E-state index in [1.54, 1.807) is 24.3 Å².